The van der Waals surface area contributed by atoms with Crippen LogP contribution in [-0.4, -0.2) is 35.8 Å². The number of nitrogens with one attached hydrogen (secondary N) is 1. The number of rotatable bonds is 6. The van der Waals surface area contributed by atoms with Crippen molar-refractivity contribution in [2.75, 3.05) is 13.3 Å². The number of aromatic nitrogens is 1. The Kier molecular flexibility index (Phi) is 4.99. The summed E-state index contributed by atoms with van der Waals surface area (Å²) < 4.78 is 33.0. The van der Waals surface area contributed by atoms with Crippen LogP contribution in [0.25, 0.3) is 10.9 Å². The van der Waals surface area contributed by atoms with Crippen LogP contribution in [0, 0.1) is 12.7 Å². The largest absolute Gasteiger partial charge is 0.376 e. The summed E-state index contributed by atoms with van der Waals surface area (Å²) >= 11 is 0. The van der Waals surface area contributed by atoms with Gasteiger partial charge >= 0.3 is 0 Å². The van der Waals surface area contributed by atoms with E-state index in [-0.39, 0.29) is 18.2 Å². The SMILES string of the molecule is Cc1c(C(=O)NC(C)(CF)COC2CCC2)cnc2c(F)cccc12. The molecule has 1 atom stereocenters. The van der Waals surface area contributed by atoms with Gasteiger partial charge in [0.15, 0.2) is 0 Å². The van der Waals surface area contributed by atoms with E-state index in [1.54, 1.807) is 26.0 Å². The van der Waals surface area contributed by atoms with E-state index in [0.717, 1.165) is 19.3 Å². The molecule has 0 radical (unpaired) electrons. The number of carbonyl (C=O) groups excluding carboxylic acids is 1. The maximum Gasteiger partial charge on any atom is 0.253 e. The monoisotopic (exact) mass is 348 g/mol. The number of nitrogens with zero attached hydrogens (tertiary/aromatic N) is 1. The zero-order valence-corrected chi connectivity index (χ0v) is 14.4. The molecule has 1 aromatic carbocycles. The van der Waals surface area contributed by atoms with E-state index in [1.807, 2.05) is 0 Å². The van der Waals surface area contributed by atoms with Crippen LogP contribution in [0.2, 0.25) is 0 Å². The predicted octanol–water partition coefficient (Wildman–Crippen LogP) is 3.71. The average molecular weight is 348 g/mol. The van der Waals surface area contributed by atoms with Gasteiger partial charge in [-0.25, -0.2) is 8.78 Å². The van der Waals surface area contributed by atoms with Gasteiger partial charge in [-0.2, -0.15) is 0 Å². The number of aryl methyl sites for hydroxylation is 1. The van der Waals surface area contributed by atoms with Crippen LogP contribution in [0.4, 0.5) is 8.78 Å². The highest BCUT2D eigenvalue weighted by Crippen LogP contribution is 2.24. The molecule has 1 N–H and O–H groups in total. The van der Waals surface area contributed by atoms with Crippen molar-refractivity contribution in [1.82, 2.24) is 10.3 Å². The molecule has 0 saturated heterocycles. The summed E-state index contributed by atoms with van der Waals surface area (Å²) in [7, 11) is 0. The van der Waals surface area contributed by atoms with E-state index in [0.29, 0.717) is 16.5 Å². The molecule has 6 heteroatoms. The molecule has 1 fully saturated rings. The minimum Gasteiger partial charge on any atom is -0.376 e. The Hall–Kier alpha value is -2.08. The van der Waals surface area contributed by atoms with E-state index in [4.69, 9.17) is 4.74 Å². The van der Waals surface area contributed by atoms with Gasteiger partial charge < -0.3 is 10.1 Å². The van der Waals surface area contributed by atoms with E-state index >= 15 is 0 Å². The third kappa shape index (κ3) is 3.63. The van der Waals surface area contributed by atoms with Crippen molar-refractivity contribution in [1.29, 1.82) is 0 Å². The van der Waals surface area contributed by atoms with Gasteiger partial charge in [-0.15, -0.1) is 0 Å². The van der Waals surface area contributed by atoms with Gasteiger partial charge in [0.05, 0.1) is 23.8 Å². The van der Waals surface area contributed by atoms with Crippen molar-refractivity contribution in [3.63, 3.8) is 0 Å². The molecule has 25 heavy (non-hydrogen) atoms. The minimum absolute atomic E-state index is 0.120. The van der Waals surface area contributed by atoms with E-state index in [9.17, 15) is 13.6 Å². The lowest BCUT2D eigenvalue weighted by atomic mass is 9.95. The Morgan fingerprint density at radius 2 is 2.20 bits per heavy atom. The molecule has 1 aromatic heterocycles. The molecule has 0 aliphatic heterocycles. The van der Waals surface area contributed by atoms with Gasteiger partial charge in [0, 0.05) is 11.6 Å². The fraction of sp³-hybridized carbons (Fsp3) is 0.474. The van der Waals surface area contributed by atoms with Crippen LogP contribution < -0.4 is 5.32 Å². The van der Waals surface area contributed by atoms with E-state index < -0.39 is 23.9 Å². The zero-order valence-electron chi connectivity index (χ0n) is 14.4. The summed E-state index contributed by atoms with van der Waals surface area (Å²) in [5.74, 6) is -0.872. The van der Waals surface area contributed by atoms with Crippen LogP contribution >= 0.6 is 0 Å². The smallest absolute Gasteiger partial charge is 0.253 e. The molecule has 0 spiro atoms. The highest BCUT2D eigenvalue weighted by Gasteiger charge is 2.31. The number of hydrogen-bond acceptors (Lipinski definition) is 3. The first kappa shape index (κ1) is 17.7. The van der Waals surface area contributed by atoms with Crippen LogP contribution in [-0.2, 0) is 4.74 Å². The lowest BCUT2D eigenvalue weighted by Crippen LogP contribution is -2.52. The van der Waals surface area contributed by atoms with Crippen molar-refractivity contribution in [3.05, 3.63) is 41.3 Å². The summed E-state index contributed by atoms with van der Waals surface area (Å²) in [5, 5.41) is 3.28. The second-order valence-electron chi connectivity index (χ2n) is 6.95. The van der Waals surface area contributed by atoms with Crippen molar-refractivity contribution < 1.29 is 18.3 Å². The molecule has 1 aliphatic carbocycles. The number of pyridine rings is 1. The topological polar surface area (TPSA) is 51.2 Å². The summed E-state index contributed by atoms with van der Waals surface area (Å²) in [6.45, 7) is 2.73. The number of benzene rings is 1. The first-order valence-corrected chi connectivity index (χ1v) is 8.47. The summed E-state index contributed by atoms with van der Waals surface area (Å²) in [5.41, 5.74) is 0.0402. The van der Waals surface area contributed by atoms with Crippen LogP contribution in [0.3, 0.4) is 0 Å². The van der Waals surface area contributed by atoms with E-state index in [1.165, 1.54) is 12.3 Å². The molecule has 1 saturated carbocycles. The number of hydrogen-bond donors (Lipinski definition) is 1. The molecular formula is C19H22F2N2O2. The van der Waals surface area contributed by atoms with Crippen LogP contribution in [0.15, 0.2) is 24.4 Å². The van der Waals surface area contributed by atoms with Crippen molar-refractivity contribution in [2.24, 2.45) is 0 Å². The second kappa shape index (κ2) is 7.04. The highest BCUT2D eigenvalue weighted by atomic mass is 19.1. The number of para-hydroxylation sites is 1. The maximum absolute atomic E-state index is 13.8. The maximum atomic E-state index is 13.8. The third-order valence-corrected chi connectivity index (χ3v) is 4.76. The molecular weight excluding hydrogens is 326 g/mol. The van der Waals surface area contributed by atoms with Gasteiger partial charge in [0.2, 0.25) is 0 Å². The van der Waals surface area contributed by atoms with Gasteiger partial charge in [-0.1, -0.05) is 12.1 Å². The first-order chi connectivity index (χ1) is 11.9. The fourth-order valence-electron chi connectivity index (χ4n) is 2.84. The van der Waals surface area contributed by atoms with Crippen LogP contribution in [0.1, 0.15) is 42.1 Å². The number of amides is 1. The molecule has 2 aromatic rings. The number of alkyl halides is 1. The minimum atomic E-state index is -1.10. The van der Waals surface area contributed by atoms with Crippen molar-refractivity contribution in [3.8, 4) is 0 Å². The summed E-state index contributed by atoms with van der Waals surface area (Å²) in [4.78, 5) is 16.7. The normalized spacial score (nSPS) is 17.1. The Balaban J connectivity index is 1.79. The van der Waals surface area contributed by atoms with Gasteiger partial charge in [0.1, 0.15) is 18.0 Å². The zero-order chi connectivity index (χ0) is 18.0. The van der Waals surface area contributed by atoms with Gasteiger partial charge in [-0.05, 0) is 44.7 Å². The fourth-order valence-corrected chi connectivity index (χ4v) is 2.84. The molecule has 0 bridgehead atoms. The number of ether oxygens (including phenoxy) is 1. The Morgan fingerprint density at radius 3 is 2.84 bits per heavy atom. The summed E-state index contributed by atoms with van der Waals surface area (Å²) in [6, 6.07) is 4.62. The van der Waals surface area contributed by atoms with Crippen molar-refractivity contribution in [2.45, 2.75) is 44.8 Å². The summed E-state index contributed by atoms with van der Waals surface area (Å²) in [6.07, 6.45) is 4.59. The average Bonchev–Trinajstić information content (AvgIpc) is 2.54. The van der Waals surface area contributed by atoms with E-state index in [2.05, 4.69) is 10.3 Å². The standard InChI is InChI=1S/C19H22F2N2O2/c1-12-14-7-4-8-16(21)17(14)22-9-15(12)18(24)23-19(2,10-20)11-25-13-5-3-6-13/h4,7-9,13H,3,5-6,10-11H2,1-2H3,(H,23,24). The number of fused-ring (bicyclic) bond motifs is 1. The number of halogens is 2. The lowest BCUT2D eigenvalue weighted by Gasteiger charge is -2.33. The molecule has 1 amide bonds. The van der Waals surface area contributed by atoms with Gasteiger partial charge in [0.25, 0.3) is 5.91 Å². The Labute approximate surface area is 145 Å². The second-order valence-corrected chi connectivity index (χ2v) is 6.95. The lowest BCUT2D eigenvalue weighted by molar-refractivity contribution is -0.0298. The Morgan fingerprint density at radius 1 is 1.44 bits per heavy atom. The highest BCUT2D eigenvalue weighted by molar-refractivity contribution is 6.00. The predicted molar refractivity (Wildman–Crippen MR) is 91.9 cm³/mol. The molecule has 3 rings (SSSR count). The number of carbonyl (C=O) groups is 1. The third-order valence-electron chi connectivity index (χ3n) is 4.76. The van der Waals surface area contributed by atoms with Crippen LogP contribution in [0.5, 0.6) is 0 Å². The first-order valence-electron chi connectivity index (χ1n) is 8.47. The van der Waals surface area contributed by atoms with Gasteiger partial charge in [-0.3, -0.25) is 9.78 Å². The van der Waals surface area contributed by atoms with Crippen molar-refractivity contribution >= 4 is 16.8 Å². The molecule has 1 unspecified atom stereocenters. The quantitative estimate of drug-likeness (QED) is 0.866. The molecule has 1 heterocycles. The molecule has 4 nitrogen and oxygen atoms in total. The molecule has 1 aliphatic rings. The Bertz CT molecular complexity index is 792. The molecule has 134 valence electrons.